The molecule has 154 valence electrons. The van der Waals surface area contributed by atoms with Gasteiger partial charge in [-0.3, -0.25) is 4.79 Å². The number of carbonyl (C=O) groups excluding carboxylic acids is 1. The first-order valence-electron chi connectivity index (χ1n) is 8.19. The average Bonchev–Trinajstić information content (AvgIpc) is 3.01. The zero-order valence-electron chi connectivity index (χ0n) is 14.9. The number of ketones is 1. The molecule has 11 heteroatoms. The number of thioether (sulfide) groups is 1. The van der Waals surface area contributed by atoms with Gasteiger partial charge in [-0.25, -0.2) is 4.68 Å². The van der Waals surface area contributed by atoms with Crippen molar-refractivity contribution in [2.45, 2.75) is 11.1 Å². The number of rotatable bonds is 5. The number of hydrogen-bond acceptors (Lipinski definition) is 5. The van der Waals surface area contributed by atoms with Crippen molar-refractivity contribution in [2.24, 2.45) is 0 Å². The Morgan fingerprint density at radius 3 is 2.33 bits per heavy atom. The first-order chi connectivity index (χ1) is 14.1. The van der Waals surface area contributed by atoms with Crippen LogP contribution >= 0.6 is 35.0 Å². The Hall–Kier alpha value is -2.67. The van der Waals surface area contributed by atoms with Gasteiger partial charge < -0.3 is 5.73 Å². The molecule has 0 saturated carbocycles. The van der Waals surface area contributed by atoms with Gasteiger partial charge in [0.1, 0.15) is 17.6 Å². The van der Waals surface area contributed by atoms with Crippen LogP contribution in [0.2, 0.25) is 10.0 Å². The van der Waals surface area contributed by atoms with Gasteiger partial charge in [-0.15, -0.1) is 11.8 Å². The minimum atomic E-state index is -4.64. The maximum absolute atomic E-state index is 13.0. The summed E-state index contributed by atoms with van der Waals surface area (Å²) >= 11 is 13.0. The van der Waals surface area contributed by atoms with Crippen molar-refractivity contribution in [3.8, 4) is 11.8 Å². The number of carbonyl (C=O) groups is 1. The standard InChI is InChI=1S/C19H11Cl2F3N4OS/c20-12-6-11(19(22,23)24)7-13(21)16(12)28-18(26)17(14(8-25)27-28)30-9-15(29)10-4-2-1-3-5-10/h1-7H,9,26H2. The van der Waals surface area contributed by atoms with Gasteiger partial charge in [0.05, 0.1) is 26.3 Å². The maximum atomic E-state index is 13.0. The largest absolute Gasteiger partial charge is 0.416 e. The van der Waals surface area contributed by atoms with Gasteiger partial charge in [0.15, 0.2) is 11.5 Å². The van der Waals surface area contributed by atoms with E-state index >= 15 is 0 Å². The van der Waals surface area contributed by atoms with E-state index < -0.39 is 11.7 Å². The molecule has 0 atom stereocenters. The zero-order valence-corrected chi connectivity index (χ0v) is 17.2. The third-order valence-electron chi connectivity index (χ3n) is 3.98. The van der Waals surface area contributed by atoms with Crippen LogP contribution in [0.1, 0.15) is 21.6 Å². The predicted octanol–water partition coefficient (Wildman–Crippen LogP) is 5.63. The van der Waals surface area contributed by atoms with E-state index in [0.29, 0.717) is 17.7 Å². The normalized spacial score (nSPS) is 11.3. The monoisotopic (exact) mass is 470 g/mol. The van der Waals surface area contributed by atoms with Crippen LogP contribution in [0.25, 0.3) is 5.69 Å². The van der Waals surface area contributed by atoms with Crippen LogP contribution < -0.4 is 5.73 Å². The average molecular weight is 471 g/mol. The molecule has 0 aliphatic rings. The highest BCUT2D eigenvalue weighted by molar-refractivity contribution is 8.00. The fraction of sp³-hybridized carbons (Fsp3) is 0.105. The molecule has 1 heterocycles. The van der Waals surface area contributed by atoms with Gasteiger partial charge in [0.2, 0.25) is 0 Å². The predicted molar refractivity (Wildman–Crippen MR) is 109 cm³/mol. The van der Waals surface area contributed by atoms with Gasteiger partial charge in [0, 0.05) is 5.56 Å². The number of alkyl halides is 3. The lowest BCUT2D eigenvalue weighted by Crippen LogP contribution is -2.08. The van der Waals surface area contributed by atoms with E-state index in [1.54, 1.807) is 30.3 Å². The molecule has 0 aliphatic carbocycles. The van der Waals surface area contributed by atoms with Gasteiger partial charge in [0.25, 0.3) is 0 Å². The highest BCUT2D eigenvalue weighted by Gasteiger charge is 2.33. The van der Waals surface area contributed by atoms with E-state index in [0.717, 1.165) is 16.4 Å². The summed E-state index contributed by atoms with van der Waals surface area (Å²) in [5, 5.41) is 12.7. The Labute approximate surface area is 183 Å². The van der Waals surface area contributed by atoms with Crippen LogP contribution in [-0.2, 0) is 6.18 Å². The van der Waals surface area contributed by atoms with Crippen LogP contribution in [0.5, 0.6) is 0 Å². The molecule has 0 fully saturated rings. The minimum Gasteiger partial charge on any atom is -0.383 e. The number of nitriles is 1. The summed E-state index contributed by atoms with van der Waals surface area (Å²) in [6.45, 7) is 0. The summed E-state index contributed by atoms with van der Waals surface area (Å²) in [6.07, 6.45) is -4.64. The molecule has 0 radical (unpaired) electrons. The molecule has 0 amide bonds. The lowest BCUT2D eigenvalue weighted by atomic mass is 10.2. The molecule has 0 bridgehead atoms. The first-order valence-corrected chi connectivity index (χ1v) is 9.94. The van der Waals surface area contributed by atoms with Crippen LogP contribution in [0.4, 0.5) is 19.0 Å². The molecular weight excluding hydrogens is 460 g/mol. The van der Waals surface area contributed by atoms with Gasteiger partial charge >= 0.3 is 6.18 Å². The maximum Gasteiger partial charge on any atom is 0.416 e. The molecule has 2 N–H and O–H groups in total. The summed E-state index contributed by atoms with van der Waals surface area (Å²) in [7, 11) is 0. The van der Waals surface area contributed by atoms with Gasteiger partial charge in [-0.1, -0.05) is 53.5 Å². The molecule has 3 rings (SSSR count). The van der Waals surface area contributed by atoms with E-state index in [-0.39, 0.29) is 43.7 Å². The molecular formula is C19H11Cl2F3N4OS. The summed E-state index contributed by atoms with van der Waals surface area (Å²) in [5.74, 6) is -0.286. The quantitative estimate of drug-likeness (QED) is 0.385. The van der Waals surface area contributed by atoms with Crippen LogP contribution in [-0.4, -0.2) is 21.3 Å². The SMILES string of the molecule is N#Cc1nn(-c2c(Cl)cc(C(F)(F)F)cc2Cl)c(N)c1SCC(=O)c1ccccc1. The number of benzene rings is 2. The molecule has 30 heavy (non-hydrogen) atoms. The number of Topliss-reactive ketones (excluding diaryl/α,β-unsaturated/α-hetero) is 1. The Balaban J connectivity index is 1.97. The van der Waals surface area contributed by atoms with Crippen molar-refractivity contribution in [3.05, 3.63) is 69.3 Å². The number of anilines is 1. The fourth-order valence-corrected chi connectivity index (χ4v) is 4.13. The molecule has 0 unspecified atom stereocenters. The molecule has 5 nitrogen and oxygen atoms in total. The Morgan fingerprint density at radius 1 is 1.20 bits per heavy atom. The van der Waals surface area contributed by atoms with E-state index in [1.807, 2.05) is 6.07 Å². The van der Waals surface area contributed by atoms with Crippen molar-refractivity contribution in [2.75, 3.05) is 11.5 Å². The van der Waals surface area contributed by atoms with Crippen LogP contribution in [0.15, 0.2) is 47.4 Å². The lowest BCUT2D eigenvalue weighted by Gasteiger charge is -2.13. The van der Waals surface area contributed by atoms with E-state index in [4.69, 9.17) is 28.9 Å². The molecule has 0 saturated heterocycles. The van der Waals surface area contributed by atoms with Crippen molar-refractivity contribution < 1.29 is 18.0 Å². The second-order valence-electron chi connectivity index (χ2n) is 5.95. The number of nitrogens with zero attached hydrogens (tertiary/aromatic N) is 3. The third-order valence-corrected chi connectivity index (χ3v) is 5.66. The molecule has 2 aromatic carbocycles. The second-order valence-corrected chi connectivity index (χ2v) is 7.75. The van der Waals surface area contributed by atoms with Crippen molar-refractivity contribution in [3.63, 3.8) is 0 Å². The minimum absolute atomic E-state index is 0.0247. The van der Waals surface area contributed by atoms with Crippen molar-refractivity contribution >= 4 is 46.6 Å². The summed E-state index contributed by atoms with van der Waals surface area (Å²) in [6, 6.07) is 11.8. The third kappa shape index (κ3) is 4.41. The van der Waals surface area contributed by atoms with Crippen LogP contribution in [0, 0.1) is 11.3 Å². The zero-order chi connectivity index (χ0) is 22.1. The number of hydrogen-bond donors (Lipinski definition) is 1. The van der Waals surface area contributed by atoms with Crippen molar-refractivity contribution in [1.29, 1.82) is 5.26 Å². The number of halogens is 5. The Bertz CT molecular complexity index is 1130. The van der Waals surface area contributed by atoms with Gasteiger partial charge in [-0.05, 0) is 12.1 Å². The summed E-state index contributed by atoms with van der Waals surface area (Å²) in [5.41, 5.74) is 5.33. The van der Waals surface area contributed by atoms with E-state index in [2.05, 4.69) is 5.10 Å². The summed E-state index contributed by atoms with van der Waals surface area (Å²) < 4.78 is 39.9. The fourth-order valence-electron chi connectivity index (χ4n) is 2.58. The summed E-state index contributed by atoms with van der Waals surface area (Å²) in [4.78, 5) is 12.5. The smallest absolute Gasteiger partial charge is 0.383 e. The Kier molecular flexibility index (Phi) is 6.31. The van der Waals surface area contributed by atoms with E-state index in [1.165, 1.54) is 0 Å². The lowest BCUT2D eigenvalue weighted by molar-refractivity contribution is -0.137. The first kappa shape index (κ1) is 22.0. The number of aromatic nitrogens is 2. The van der Waals surface area contributed by atoms with Crippen molar-refractivity contribution in [1.82, 2.24) is 9.78 Å². The molecule has 1 aromatic heterocycles. The van der Waals surface area contributed by atoms with E-state index in [9.17, 15) is 23.2 Å². The Morgan fingerprint density at radius 2 is 1.80 bits per heavy atom. The molecule has 3 aromatic rings. The molecule has 0 aliphatic heterocycles. The number of nitrogens with two attached hydrogens (primary N) is 1. The molecule has 0 spiro atoms. The number of nitrogen functional groups attached to an aromatic ring is 1. The highest BCUT2D eigenvalue weighted by Crippen LogP contribution is 2.40. The van der Waals surface area contributed by atoms with Gasteiger partial charge in [-0.2, -0.15) is 23.5 Å². The highest BCUT2D eigenvalue weighted by atomic mass is 35.5. The topological polar surface area (TPSA) is 84.7 Å². The second kappa shape index (κ2) is 8.60. The van der Waals surface area contributed by atoms with Crippen LogP contribution in [0.3, 0.4) is 0 Å².